The molecule has 1 aliphatic rings. The number of thiazole rings is 2. The number of anilines is 2. The van der Waals surface area contributed by atoms with E-state index in [-0.39, 0.29) is 11.8 Å². The number of carbonyl (C=O) groups is 1. The third-order valence-electron chi connectivity index (χ3n) is 5.31. The number of rotatable bonds is 5. The number of aromatic nitrogens is 4. The highest BCUT2D eigenvalue weighted by Gasteiger charge is 2.25. The van der Waals surface area contributed by atoms with Gasteiger partial charge in [0.25, 0.3) is 0 Å². The second-order valence-electron chi connectivity index (χ2n) is 7.76. The lowest BCUT2D eigenvalue weighted by Gasteiger charge is -2.32. The van der Waals surface area contributed by atoms with Gasteiger partial charge in [-0.25, -0.2) is 19.9 Å². The molecule has 0 radical (unpaired) electrons. The minimum absolute atomic E-state index is 0.0215. The van der Waals surface area contributed by atoms with E-state index in [4.69, 9.17) is 0 Å². The molecular weight excluding hydrogens is 428 g/mol. The molecule has 1 fully saturated rings. The highest BCUT2D eigenvalue weighted by molar-refractivity contribution is 7.15. The lowest BCUT2D eigenvalue weighted by atomic mass is 9.94. The van der Waals surface area contributed by atoms with Crippen LogP contribution in [0.1, 0.15) is 51.6 Å². The zero-order chi connectivity index (χ0) is 22.0. The van der Waals surface area contributed by atoms with Crippen LogP contribution in [-0.4, -0.2) is 43.8 Å². The minimum Gasteiger partial charge on any atom is -0.338 e. The van der Waals surface area contributed by atoms with E-state index < -0.39 is 0 Å². The average molecular weight is 455 g/mol. The molecule has 162 valence electrons. The molecule has 0 bridgehead atoms. The van der Waals surface area contributed by atoms with Gasteiger partial charge in [-0.3, -0.25) is 4.79 Å². The van der Waals surface area contributed by atoms with Crippen molar-refractivity contribution in [1.29, 1.82) is 0 Å². The normalized spacial score (nSPS) is 16.8. The summed E-state index contributed by atoms with van der Waals surface area (Å²) in [5.41, 5.74) is 2.83. The Balaban J connectivity index is 1.46. The highest BCUT2D eigenvalue weighted by Crippen LogP contribution is 2.29. The number of aryl methyl sites for hydroxylation is 4. The molecule has 7 nitrogen and oxygen atoms in total. The molecule has 0 saturated carbocycles. The fourth-order valence-corrected chi connectivity index (χ4v) is 5.04. The summed E-state index contributed by atoms with van der Waals surface area (Å²) in [5, 5.41) is 7.11. The number of nitrogens with zero attached hydrogens (tertiary/aromatic N) is 5. The standard InChI is InChI=1S/C22H26N6OS2/c1-13-14(2)31-22(23-13)27-20-10-19(24-15(3)25-20)17-6-5-9-28(11-17)21(29)8-7-18-12-30-16(4)26-18/h7-8,10,12,17H,5-6,9,11H2,1-4H3,(H,23,24,25,27)/b8-7+/t17-/m0/s1. The van der Waals surface area contributed by atoms with E-state index >= 15 is 0 Å². The van der Waals surface area contributed by atoms with Gasteiger partial charge >= 0.3 is 0 Å². The maximum atomic E-state index is 12.7. The van der Waals surface area contributed by atoms with Crippen molar-refractivity contribution in [2.45, 2.75) is 46.5 Å². The van der Waals surface area contributed by atoms with Gasteiger partial charge in [0.1, 0.15) is 11.6 Å². The molecule has 4 heterocycles. The van der Waals surface area contributed by atoms with Crippen LogP contribution in [0.15, 0.2) is 17.5 Å². The first-order chi connectivity index (χ1) is 14.9. The predicted molar refractivity (Wildman–Crippen MR) is 126 cm³/mol. The Morgan fingerprint density at radius 3 is 2.74 bits per heavy atom. The van der Waals surface area contributed by atoms with E-state index in [0.717, 1.165) is 52.4 Å². The van der Waals surface area contributed by atoms with Gasteiger partial charge < -0.3 is 10.2 Å². The molecule has 0 aliphatic carbocycles. The molecule has 1 aliphatic heterocycles. The van der Waals surface area contributed by atoms with Gasteiger partial charge in [-0.2, -0.15) is 0 Å². The number of piperidine rings is 1. The van der Waals surface area contributed by atoms with E-state index in [1.807, 2.05) is 37.1 Å². The van der Waals surface area contributed by atoms with Crippen LogP contribution >= 0.6 is 22.7 Å². The van der Waals surface area contributed by atoms with Crippen LogP contribution in [0.2, 0.25) is 0 Å². The van der Waals surface area contributed by atoms with Crippen LogP contribution in [0.4, 0.5) is 10.9 Å². The Kier molecular flexibility index (Phi) is 6.43. The molecule has 3 aromatic rings. The molecule has 0 aromatic carbocycles. The molecular formula is C22H26N6OS2. The quantitative estimate of drug-likeness (QED) is 0.558. The molecule has 9 heteroatoms. The first-order valence-electron chi connectivity index (χ1n) is 10.3. The van der Waals surface area contributed by atoms with E-state index in [1.54, 1.807) is 34.8 Å². The number of likely N-dealkylation sites (tertiary alicyclic amines) is 1. The van der Waals surface area contributed by atoms with Crippen molar-refractivity contribution >= 4 is 45.6 Å². The Morgan fingerprint density at radius 1 is 1.19 bits per heavy atom. The van der Waals surface area contributed by atoms with Crippen molar-refractivity contribution < 1.29 is 4.79 Å². The van der Waals surface area contributed by atoms with Gasteiger partial charge in [-0.1, -0.05) is 0 Å². The zero-order valence-electron chi connectivity index (χ0n) is 18.2. The van der Waals surface area contributed by atoms with Crippen LogP contribution in [0.5, 0.6) is 0 Å². The topological polar surface area (TPSA) is 83.9 Å². The second-order valence-corrected chi connectivity index (χ2v) is 10.0. The molecule has 4 rings (SSSR count). The number of amides is 1. The maximum absolute atomic E-state index is 12.7. The van der Waals surface area contributed by atoms with Gasteiger partial charge in [0.15, 0.2) is 5.13 Å². The van der Waals surface area contributed by atoms with Crippen LogP contribution in [0, 0.1) is 27.7 Å². The van der Waals surface area contributed by atoms with E-state index in [1.165, 1.54) is 4.88 Å². The van der Waals surface area contributed by atoms with E-state index in [9.17, 15) is 4.79 Å². The summed E-state index contributed by atoms with van der Waals surface area (Å²) in [6.45, 7) is 9.35. The molecule has 31 heavy (non-hydrogen) atoms. The molecule has 3 aromatic heterocycles. The molecule has 0 unspecified atom stereocenters. The van der Waals surface area contributed by atoms with Crippen LogP contribution < -0.4 is 5.32 Å². The number of nitrogens with one attached hydrogen (secondary N) is 1. The summed E-state index contributed by atoms with van der Waals surface area (Å²) in [6.07, 6.45) is 5.38. The largest absolute Gasteiger partial charge is 0.338 e. The molecule has 1 amide bonds. The van der Waals surface area contributed by atoms with Gasteiger partial charge in [0.05, 0.1) is 22.1 Å². The van der Waals surface area contributed by atoms with Crippen molar-refractivity contribution in [2.75, 3.05) is 18.4 Å². The molecule has 1 atom stereocenters. The third kappa shape index (κ3) is 5.34. The van der Waals surface area contributed by atoms with Gasteiger partial charge in [-0.05, 0) is 46.6 Å². The molecule has 0 spiro atoms. The summed E-state index contributed by atoms with van der Waals surface area (Å²) in [5.74, 6) is 1.67. The van der Waals surface area contributed by atoms with Gasteiger partial charge in [0.2, 0.25) is 5.91 Å². The summed E-state index contributed by atoms with van der Waals surface area (Å²) < 4.78 is 0. The second kappa shape index (κ2) is 9.23. The SMILES string of the molecule is Cc1nc(Nc2nc(C)c(C)s2)cc([C@H]2CCCN(C(=O)/C=C/c3csc(C)n3)C2)n1. The highest BCUT2D eigenvalue weighted by atomic mass is 32.1. The summed E-state index contributed by atoms with van der Waals surface area (Å²) in [4.78, 5) is 34.0. The number of hydrogen-bond donors (Lipinski definition) is 1. The fourth-order valence-electron chi connectivity index (χ4n) is 3.64. The zero-order valence-corrected chi connectivity index (χ0v) is 19.8. The Bertz CT molecular complexity index is 1100. The minimum atomic E-state index is 0.0215. The van der Waals surface area contributed by atoms with Crippen molar-refractivity contribution in [3.05, 3.63) is 50.3 Å². The van der Waals surface area contributed by atoms with Crippen LogP contribution in [0.3, 0.4) is 0 Å². The summed E-state index contributed by atoms with van der Waals surface area (Å²) >= 11 is 3.20. The lowest BCUT2D eigenvalue weighted by Crippen LogP contribution is -2.38. The maximum Gasteiger partial charge on any atom is 0.246 e. The lowest BCUT2D eigenvalue weighted by molar-refractivity contribution is -0.127. The van der Waals surface area contributed by atoms with Gasteiger partial charge in [-0.15, -0.1) is 22.7 Å². The van der Waals surface area contributed by atoms with Gasteiger partial charge in [0, 0.05) is 41.4 Å². The predicted octanol–water partition coefficient (Wildman–Crippen LogP) is 4.79. The smallest absolute Gasteiger partial charge is 0.246 e. The van der Waals surface area contributed by atoms with E-state index in [2.05, 4.69) is 32.2 Å². The van der Waals surface area contributed by atoms with Crippen molar-refractivity contribution in [3.8, 4) is 0 Å². The average Bonchev–Trinajstić information content (AvgIpc) is 3.30. The summed E-state index contributed by atoms with van der Waals surface area (Å²) in [7, 11) is 0. The Labute approximate surface area is 190 Å². The third-order valence-corrected chi connectivity index (χ3v) is 7.09. The summed E-state index contributed by atoms with van der Waals surface area (Å²) in [6, 6.07) is 1.99. The van der Waals surface area contributed by atoms with Crippen molar-refractivity contribution in [1.82, 2.24) is 24.8 Å². The molecule has 1 N–H and O–H groups in total. The first-order valence-corrected chi connectivity index (χ1v) is 12.0. The van der Waals surface area contributed by atoms with Crippen molar-refractivity contribution in [3.63, 3.8) is 0 Å². The van der Waals surface area contributed by atoms with Crippen LogP contribution in [-0.2, 0) is 4.79 Å². The number of carbonyl (C=O) groups excluding carboxylic acids is 1. The van der Waals surface area contributed by atoms with Crippen LogP contribution in [0.25, 0.3) is 6.08 Å². The molecule has 1 saturated heterocycles. The monoisotopic (exact) mass is 454 g/mol. The van der Waals surface area contributed by atoms with E-state index in [0.29, 0.717) is 12.4 Å². The number of hydrogen-bond acceptors (Lipinski definition) is 8. The fraction of sp³-hybridized carbons (Fsp3) is 0.409. The first kappa shape index (κ1) is 21.6. The Morgan fingerprint density at radius 2 is 2.03 bits per heavy atom. The van der Waals surface area contributed by atoms with Crippen molar-refractivity contribution in [2.24, 2.45) is 0 Å². The Hall–Kier alpha value is -2.65.